The lowest BCUT2D eigenvalue weighted by Crippen LogP contribution is -2.53. The lowest BCUT2D eigenvalue weighted by Gasteiger charge is -2.41. The van der Waals surface area contributed by atoms with Crippen molar-refractivity contribution in [2.24, 2.45) is 5.73 Å². The van der Waals surface area contributed by atoms with E-state index < -0.39 is 0 Å². The van der Waals surface area contributed by atoms with Crippen molar-refractivity contribution in [3.05, 3.63) is 21.9 Å². The van der Waals surface area contributed by atoms with Crippen LogP contribution in [-0.4, -0.2) is 42.1 Å². The second-order valence-corrected chi connectivity index (χ2v) is 6.49. The highest BCUT2D eigenvalue weighted by Gasteiger charge is 2.34. The van der Waals surface area contributed by atoms with Crippen molar-refractivity contribution >= 4 is 17.2 Å². The van der Waals surface area contributed by atoms with E-state index in [1.165, 1.54) is 11.3 Å². The molecule has 1 unspecified atom stereocenters. The quantitative estimate of drug-likeness (QED) is 0.802. The van der Waals surface area contributed by atoms with Gasteiger partial charge in [-0.3, -0.25) is 4.79 Å². The number of hydrogen-bond donors (Lipinski definition) is 1. The van der Waals surface area contributed by atoms with Crippen molar-refractivity contribution in [3.8, 4) is 11.8 Å². The van der Waals surface area contributed by atoms with E-state index in [-0.39, 0.29) is 17.6 Å². The second kappa shape index (κ2) is 5.96. The molecule has 0 radical (unpaired) electrons. The highest BCUT2D eigenvalue weighted by atomic mass is 32.1. The Bertz CT molecular complexity index is 554. The number of morpholine rings is 1. The summed E-state index contributed by atoms with van der Waals surface area (Å²) in [7, 11) is 0. The van der Waals surface area contributed by atoms with E-state index in [1.54, 1.807) is 0 Å². The minimum atomic E-state index is -0.300. The topological polar surface area (TPSA) is 55.6 Å². The molecule has 1 atom stereocenters. The number of hydrogen-bond acceptors (Lipinski definition) is 4. The molecule has 1 aliphatic rings. The van der Waals surface area contributed by atoms with Gasteiger partial charge in [0.25, 0.3) is 5.91 Å². The molecular formula is C15H20N2O2S. The molecule has 0 aromatic carbocycles. The molecule has 0 bridgehead atoms. The molecule has 0 spiro atoms. The van der Waals surface area contributed by atoms with Gasteiger partial charge in [-0.2, -0.15) is 0 Å². The van der Waals surface area contributed by atoms with Gasteiger partial charge in [-0.1, -0.05) is 11.8 Å². The lowest BCUT2D eigenvalue weighted by molar-refractivity contribution is -0.118. The van der Waals surface area contributed by atoms with Gasteiger partial charge in [0.1, 0.15) is 0 Å². The zero-order valence-electron chi connectivity index (χ0n) is 12.1. The number of amides is 1. The van der Waals surface area contributed by atoms with Crippen LogP contribution in [0.5, 0.6) is 0 Å². The fourth-order valence-corrected chi connectivity index (χ4v) is 3.19. The van der Waals surface area contributed by atoms with Crippen LogP contribution in [0.15, 0.2) is 11.4 Å². The van der Waals surface area contributed by atoms with Gasteiger partial charge in [-0.25, -0.2) is 0 Å². The number of ether oxygens (including phenoxy) is 1. The molecule has 1 saturated heterocycles. The first-order valence-corrected chi connectivity index (χ1v) is 7.54. The highest BCUT2D eigenvalue weighted by molar-refractivity contribution is 7.10. The van der Waals surface area contributed by atoms with Crippen molar-refractivity contribution < 1.29 is 9.53 Å². The third-order valence-corrected chi connectivity index (χ3v) is 3.86. The molecule has 1 amide bonds. The molecule has 0 aliphatic carbocycles. The second-order valence-electron chi connectivity index (χ2n) is 5.58. The highest BCUT2D eigenvalue weighted by Crippen LogP contribution is 2.23. The van der Waals surface area contributed by atoms with E-state index in [0.717, 1.165) is 4.88 Å². The Balaban J connectivity index is 2.12. The molecule has 1 fully saturated rings. The first-order chi connectivity index (χ1) is 9.41. The minimum Gasteiger partial charge on any atom is -0.369 e. The molecule has 5 heteroatoms. The maximum atomic E-state index is 12.5. The summed E-state index contributed by atoms with van der Waals surface area (Å²) < 4.78 is 5.82. The first-order valence-electron chi connectivity index (χ1n) is 6.66. The zero-order chi connectivity index (χ0) is 14.8. The summed E-state index contributed by atoms with van der Waals surface area (Å²) in [5, 5.41) is 1.86. The summed E-state index contributed by atoms with van der Waals surface area (Å²) in [6.45, 7) is 7.57. The van der Waals surface area contributed by atoms with Gasteiger partial charge >= 0.3 is 0 Å². The fourth-order valence-electron chi connectivity index (χ4n) is 2.44. The number of thiophene rings is 1. The minimum absolute atomic E-state index is 0.0465. The molecular weight excluding hydrogens is 272 g/mol. The van der Waals surface area contributed by atoms with E-state index in [1.807, 2.05) is 37.1 Å². The SMILES string of the molecule is CC1CN(C(=O)c2csc(C#CCN)c2)CC(C)(C)O1. The average Bonchev–Trinajstić information content (AvgIpc) is 2.81. The van der Waals surface area contributed by atoms with Gasteiger partial charge in [0.15, 0.2) is 0 Å². The molecule has 0 saturated carbocycles. The van der Waals surface area contributed by atoms with Crippen LogP contribution in [0.1, 0.15) is 36.0 Å². The molecule has 2 N–H and O–H groups in total. The first kappa shape index (κ1) is 15.0. The number of nitrogens with zero attached hydrogens (tertiary/aromatic N) is 1. The Hall–Kier alpha value is -1.35. The van der Waals surface area contributed by atoms with Gasteiger partial charge in [0.2, 0.25) is 0 Å². The van der Waals surface area contributed by atoms with Crippen LogP contribution in [0, 0.1) is 11.8 Å². The summed E-state index contributed by atoms with van der Waals surface area (Å²) in [5.74, 6) is 5.80. The van der Waals surface area contributed by atoms with Crippen LogP contribution >= 0.6 is 11.3 Å². The summed E-state index contributed by atoms with van der Waals surface area (Å²) in [6, 6.07) is 1.84. The maximum absolute atomic E-state index is 12.5. The molecule has 1 aromatic rings. The summed E-state index contributed by atoms with van der Waals surface area (Å²) in [5.41, 5.74) is 5.74. The molecule has 20 heavy (non-hydrogen) atoms. The largest absolute Gasteiger partial charge is 0.369 e. The molecule has 1 aromatic heterocycles. The van der Waals surface area contributed by atoms with Gasteiger partial charge < -0.3 is 15.4 Å². The third kappa shape index (κ3) is 3.60. The fraction of sp³-hybridized carbons (Fsp3) is 0.533. The van der Waals surface area contributed by atoms with Crippen LogP contribution in [0.4, 0.5) is 0 Å². The smallest absolute Gasteiger partial charge is 0.254 e. The molecule has 2 heterocycles. The predicted octanol–water partition coefficient (Wildman–Crippen LogP) is 1.70. The van der Waals surface area contributed by atoms with E-state index in [0.29, 0.717) is 25.2 Å². The summed E-state index contributed by atoms with van der Waals surface area (Å²) in [4.78, 5) is 15.3. The number of rotatable bonds is 1. The van der Waals surface area contributed by atoms with Crippen molar-refractivity contribution in [3.63, 3.8) is 0 Å². The summed E-state index contributed by atoms with van der Waals surface area (Å²) in [6.07, 6.45) is 0.0536. The van der Waals surface area contributed by atoms with E-state index in [4.69, 9.17) is 10.5 Å². The molecule has 1 aliphatic heterocycles. The standard InChI is InChI=1S/C15H20N2O2S/c1-11-8-17(10-15(2,3)19-11)14(18)12-7-13(20-9-12)5-4-6-16/h7,9,11H,6,8,10,16H2,1-3H3. The zero-order valence-corrected chi connectivity index (χ0v) is 12.9. The molecule has 4 nitrogen and oxygen atoms in total. The van der Waals surface area contributed by atoms with E-state index in [9.17, 15) is 4.79 Å². The lowest BCUT2D eigenvalue weighted by atomic mass is 10.0. The Labute approximate surface area is 123 Å². The van der Waals surface area contributed by atoms with Crippen LogP contribution in [0.3, 0.4) is 0 Å². The Kier molecular flexibility index (Phi) is 4.48. The van der Waals surface area contributed by atoms with Gasteiger partial charge in [0.05, 0.1) is 28.7 Å². The third-order valence-electron chi connectivity index (χ3n) is 3.02. The van der Waals surface area contributed by atoms with Crippen molar-refractivity contribution in [2.75, 3.05) is 19.6 Å². The normalized spacial score (nSPS) is 21.2. The van der Waals surface area contributed by atoms with Crippen molar-refractivity contribution in [1.29, 1.82) is 0 Å². The van der Waals surface area contributed by atoms with Crippen molar-refractivity contribution in [2.45, 2.75) is 32.5 Å². The molecule has 2 rings (SSSR count). The van der Waals surface area contributed by atoms with E-state index >= 15 is 0 Å². The average molecular weight is 292 g/mol. The van der Waals surface area contributed by atoms with Crippen LogP contribution in [0.2, 0.25) is 0 Å². The number of nitrogens with two attached hydrogens (primary N) is 1. The van der Waals surface area contributed by atoms with Gasteiger partial charge in [-0.15, -0.1) is 11.3 Å². The van der Waals surface area contributed by atoms with Crippen LogP contribution in [0.25, 0.3) is 0 Å². The summed E-state index contributed by atoms with van der Waals surface area (Å²) >= 11 is 1.47. The number of carbonyl (C=O) groups excluding carboxylic acids is 1. The maximum Gasteiger partial charge on any atom is 0.254 e. The van der Waals surface area contributed by atoms with E-state index in [2.05, 4.69) is 11.8 Å². The Morgan fingerprint density at radius 2 is 2.40 bits per heavy atom. The molecule has 108 valence electrons. The Morgan fingerprint density at radius 1 is 1.65 bits per heavy atom. The predicted molar refractivity (Wildman–Crippen MR) is 80.8 cm³/mol. The monoisotopic (exact) mass is 292 g/mol. The van der Waals surface area contributed by atoms with Crippen LogP contribution < -0.4 is 5.73 Å². The van der Waals surface area contributed by atoms with Gasteiger partial charge in [0, 0.05) is 18.5 Å². The number of carbonyl (C=O) groups is 1. The Morgan fingerprint density at radius 3 is 3.05 bits per heavy atom. The van der Waals surface area contributed by atoms with Gasteiger partial charge in [-0.05, 0) is 26.8 Å². The van der Waals surface area contributed by atoms with Crippen molar-refractivity contribution in [1.82, 2.24) is 4.90 Å². The van der Waals surface area contributed by atoms with Crippen LogP contribution in [-0.2, 0) is 4.74 Å².